The van der Waals surface area contributed by atoms with Crippen LogP contribution in [0.15, 0.2) is 27.6 Å². The van der Waals surface area contributed by atoms with Crippen LogP contribution in [0.1, 0.15) is 39.4 Å². The van der Waals surface area contributed by atoms with Crippen molar-refractivity contribution in [1.29, 1.82) is 0 Å². The molecule has 0 bridgehead atoms. The zero-order chi connectivity index (χ0) is 19.8. The third-order valence-corrected chi connectivity index (χ3v) is 7.00. The number of hydrogen-bond donors (Lipinski definition) is 0. The van der Waals surface area contributed by atoms with Gasteiger partial charge in [-0.1, -0.05) is 22.9 Å². The molecule has 2 heterocycles. The molecule has 1 aliphatic heterocycles. The van der Waals surface area contributed by atoms with E-state index in [4.69, 9.17) is 4.52 Å². The molecule has 8 heteroatoms. The summed E-state index contributed by atoms with van der Waals surface area (Å²) in [5, 5.41) is 3.77. The maximum absolute atomic E-state index is 13.2. The van der Waals surface area contributed by atoms with Crippen molar-refractivity contribution < 1.29 is 17.7 Å². The maximum Gasteiger partial charge on any atom is 0.276 e. The number of amides is 1. The molecule has 0 radical (unpaired) electrons. The molecule has 0 aliphatic carbocycles. The van der Waals surface area contributed by atoms with E-state index in [-0.39, 0.29) is 18.1 Å². The second kappa shape index (κ2) is 7.44. The van der Waals surface area contributed by atoms with Crippen LogP contribution in [-0.2, 0) is 10.0 Å². The van der Waals surface area contributed by atoms with Gasteiger partial charge in [-0.25, -0.2) is 8.42 Å². The predicted molar refractivity (Wildman–Crippen MR) is 101 cm³/mol. The molecule has 1 aromatic heterocycles. The molecule has 27 heavy (non-hydrogen) atoms. The van der Waals surface area contributed by atoms with Crippen molar-refractivity contribution in [2.75, 3.05) is 26.2 Å². The second-order valence-electron chi connectivity index (χ2n) is 7.10. The Labute approximate surface area is 160 Å². The Bertz CT molecular complexity index is 942. The molecule has 0 saturated carbocycles. The molecule has 0 unspecified atom stereocenters. The Morgan fingerprint density at radius 3 is 2.26 bits per heavy atom. The van der Waals surface area contributed by atoms with Gasteiger partial charge in [0.05, 0.1) is 4.90 Å². The van der Waals surface area contributed by atoms with Crippen molar-refractivity contribution in [1.82, 2.24) is 14.4 Å². The largest absolute Gasteiger partial charge is 0.361 e. The minimum Gasteiger partial charge on any atom is -0.361 e. The number of carbonyl (C=O) groups excluding carboxylic acids is 1. The van der Waals surface area contributed by atoms with Gasteiger partial charge in [-0.2, -0.15) is 4.31 Å². The fraction of sp³-hybridized carbons (Fsp3) is 0.474. The zero-order valence-electron chi connectivity index (χ0n) is 16.2. The number of hydrogen-bond acceptors (Lipinski definition) is 5. The Balaban J connectivity index is 1.80. The van der Waals surface area contributed by atoms with Gasteiger partial charge in [-0.05, 0) is 45.2 Å². The van der Waals surface area contributed by atoms with Crippen LogP contribution in [0, 0.1) is 27.7 Å². The molecular weight excluding hydrogens is 366 g/mol. The minimum absolute atomic E-state index is 0.228. The fourth-order valence-corrected chi connectivity index (χ4v) is 5.55. The Morgan fingerprint density at radius 1 is 1.00 bits per heavy atom. The number of sulfonamides is 1. The molecule has 0 atom stereocenters. The van der Waals surface area contributed by atoms with Gasteiger partial charge >= 0.3 is 0 Å². The number of nitrogens with zero attached hydrogens (tertiary/aromatic N) is 3. The van der Waals surface area contributed by atoms with E-state index >= 15 is 0 Å². The summed E-state index contributed by atoms with van der Waals surface area (Å²) in [5.74, 6) is 0.344. The molecule has 2 aromatic rings. The van der Waals surface area contributed by atoms with Crippen LogP contribution in [0.2, 0.25) is 0 Å². The number of benzene rings is 1. The number of carbonyl (C=O) groups is 1. The summed E-state index contributed by atoms with van der Waals surface area (Å²) < 4.78 is 32.9. The highest BCUT2D eigenvalue weighted by molar-refractivity contribution is 7.89. The van der Waals surface area contributed by atoms with Gasteiger partial charge in [0.2, 0.25) is 10.0 Å². The molecule has 1 saturated heterocycles. The summed E-state index contributed by atoms with van der Waals surface area (Å²) in [6.07, 6.45) is 0.575. The van der Waals surface area contributed by atoms with E-state index in [1.807, 2.05) is 32.9 Å². The van der Waals surface area contributed by atoms with Gasteiger partial charge < -0.3 is 9.42 Å². The summed E-state index contributed by atoms with van der Waals surface area (Å²) in [7, 11) is -3.61. The normalized spacial score (nSPS) is 16.4. The Hall–Kier alpha value is -2.19. The minimum atomic E-state index is -3.61. The third kappa shape index (κ3) is 3.91. The Morgan fingerprint density at radius 2 is 1.67 bits per heavy atom. The molecule has 0 spiro atoms. The van der Waals surface area contributed by atoms with E-state index in [9.17, 15) is 13.2 Å². The third-order valence-electron chi connectivity index (χ3n) is 4.79. The smallest absolute Gasteiger partial charge is 0.276 e. The predicted octanol–water partition coefficient (Wildman–Crippen LogP) is 2.45. The van der Waals surface area contributed by atoms with Crippen molar-refractivity contribution in [2.45, 2.75) is 39.0 Å². The fourth-order valence-electron chi connectivity index (χ4n) is 3.67. The van der Waals surface area contributed by atoms with Crippen LogP contribution in [-0.4, -0.2) is 54.9 Å². The summed E-state index contributed by atoms with van der Waals surface area (Å²) >= 11 is 0. The van der Waals surface area contributed by atoms with Gasteiger partial charge in [-0.3, -0.25) is 4.79 Å². The van der Waals surface area contributed by atoms with Crippen molar-refractivity contribution in [3.8, 4) is 0 Å². The monoisotopic (exact) mass is 391 g/mol. The number of rotatable bonds is 3. The molecule has 1 aliphatic rings. The van der Waals surface area contributed by atoms with Crippen LogP contribution in [0.25, 0.3) is 0 Å². The first kappa shape index (κ1) is 19.6. The Kier molecular flexibility index (Phi) is 5.39. The summed E-state index contributed by atoms with van der Waals surface area (Å²) in [4.78, 5) is 14.6. The number of aryl methyl sites for hydroxylation is 4. The summed E-state index contributed by atoms with van der Waals surface area (Å²) in [5.41, 5.74) is 2.80. The SMILES string of the molecule is Cc1cc(C)c(S(=O)(=O)N2CCCN(C(=O)c3cc(C)on3)CC2)c(C)c1. The molecular formula is C19H25N3O4S. The zero-order valence-corrected chi connectivity index (χ0v) is 17.0. The highest BCUT2D eigenvalue weighted by Gasteiger charge is 2.31. The topological polar surface area (TPSA) is 83.7 Å². The van der Waals surface area contributed by atoms with Crippen LogP contribution < -0.4 is 0 Å². The first-order chi connectivity index (χ1) is 12.7. The first-order valence-electron chi connectivity index (χ1n) is 9.01. The number of aromatic nitrogens is 1. The van der Waals surface area contributed by atoms with Crippen LogP contribution >= 0.6 is 0 Å². The summed E-state index contributed by atoms with van der Waals surface area (Å²) in [6.45, 7) is 8.80. The molecule has 1 aromatic carbocycles. The molecule has 0 N–H and O–H groups in total. The van der Waals surface area contributed by atoms with E-state index in [2.05, 4.69) is 5.16 Å². The quantitative estimate of drug-likeness (QED) is 0.802. The second-order valence-corrected chi connectivity index (χ2v) is 8.98. The van der Waals surface area contributed by atoms with Crippen molar-refractivity contribution >= 4 is 15.9 Å². The lowest BCUT2D eigenvalue weighted by Crippen LogP contribution is -2.37. The van der Waals surface area contributed by atoms with Gasteiger partial charge in [0, 0.05) is 32.2 Å². The highest BCUT2D eigenvalue weighted by Crippen LogP contribution is 2.26. The highest BCUT2D eigenvalue weighted by atomic mass is 32.2. The summed E-state index contributed by atoms with van der Waals surface area (Å²) in [6, 6.07) is 5.38. The van der Waals surface area contributed by atoms with Gasteiger partial charge in [0.1, 0.15) is 5.76 Å². The molecule has 3 rings (SSSR count). The van der Waals surface area contributed by atoms with E-state index in [1.165, 1.54) is 4.31 Å². The van der Waals surface area contributed by atoms with Crippen LogP contribution in [0.5, 0.6) is 0 Å². The molecule has 1 fully saturated rings. The van der Waals surface area contributed by atoms with Crippen LogP contribution in [0.3, 0.4) is 0 Å². The molecule has 7 nitrogen and oxygen atoms in total. The van der Waals surface area contributed by atoms with Gasteiger partial charge in [0.25, 0.3) is 5.91 Å². The first-order valence-corrected chi connectivity index (χ1v) is 10.4. The van der Waals surface area contributed by atoms with Crippen LogP contribution in [0.4, 0.5) is 0 Å². The molecule has 146 valence electrons. The van der Waals surface area contributed by atoms with Crippen molar-refractivity contribution in [2.24, 2.45) is 0 Å². The average molecular weight is 391 g/mol. The van der Waals surface area contributed by atoms with Gasteiger partial charge in [-0.15, -0.1) is 0 Å². The lowest BCUT2D eigenvalue weighted by molar-refractivity contribution is 0.0754. The van der Waals surface area contributed by atoms with Crippen molar-refractivity contribution in [3.05, 3.63) is 46.3 Å². The standard InChI is InChI=1S/C19H25N3O4S/c1-13-10-14(2)18(15(3)11-13)27(24,25)22-7-5-6-21(8-9-22)19(23)17-12-16(4)26-20-17/h10-12H,5-9H2,1-4H3. The van der Waals surface area contributed by atoms with E-state index in [1.54, 1.807) is 17.9 Å². The lowest BCUT2D eigenvalue weighted by Gasteiger charge is -2.23. The average Bonchev–Trinajstić information content (AvgIpc) is 2.85. The van der Waals surface area contributed by atoms with Gasteiger partial charge in [0.15, 0.2) is 5.69 Å². The van der Waals surface area contributed by atoms with E-state index in [0.29, 0.717) is 36.7 Å². The van der Waals surface area contributed by atoms with E-state index < -0.39 is 10.0 Å². The maximum atomic E-state index is 13.2. The van der Waals surface area contributed by atoms with E-state index in [0.717, 1.165) is 16.7 Å². The molecule has 1 amide bonds. The lowest BCUT2D eigenvalue weighted by atomic mass is 10.1. The van der Waals surface area contributed by atoms with Crippen molar-refractivity contribution in [3.63, 3.8) is 0 Å².